The largest absolute Gasteiger partial charge is 0.394 e. The zero-order valence-corrected chi connectivity index (χ0v) is 9.15. The summed E-state index contributed by atoms with van der Waals surface area (Å²) in [6, 6.07) is 0. The molecule has 0 heterocycles. The van der Waals surface area contributed by atoms with E-state index in [-0.39, 0.29) is 13.2 Å². The molecular formula is C9H20O7. The average molecular weight is 240 g/mol. The maximum atomic E-state index is 10.0. The third-order valence-corrected chi connectivity index (χ3v) is 2.47. The number of aliphatic hydroxyl groups excluding tert-OH is 5. The predicted molar refractivity (Wildman–Crippen MR) is 53.6 cm³/mol. The first kappa shape index (κ1) is 15.7. The van der Waals surface area contributed by atoms with E-state index in [0.29, 0.717) is 0 Å². The molecule has 0 aromatic rings. The summed E-state index contributed by atoms with van der Waals surface area (Å²) in [5.41, 5.74) is -2.20. The van der Waals surface area contributed by atoms with E-state index in [1.807, 2.05) is 0 Å². The minimum Gasteiger partial charge on any atom is -0.394 e. The number of ether oxygens (including phenoxy) is 1. The zero-order valence-electron chi connectivity index (χ0n) is 9.15. The topological polar surface area (TPSA) is 131 Å². The third-order valence-electron chi connectivity index (χ3n) is 2.47. The Bertz CT molecular complexity index is 187. The van der Waals surface area contributed by atoms with Crippen LogP contribution in [0.5, 0.6) is 0 Å². The van der Waals surface area contributed by atoms with Crippen LogP contribution in [0.4, 0.5) is 0 Å². The van der Waals surface area contributed by atoms with Crippen molar-refractivity contribution in [1.82, 2.24) is 0 Å². The van der Waals surface area contributed by atoms with Crippen molar-refractivity contribution in [2.24, 2.45) is 0 Å². The van der Waals surface area contributed by atoms with Crippen LogP contribution < -0.4 is 0 Å². The molecule has 0 aliphatic rings. The van der Waals surface area contributed by atoms with Crippen LogP contribution in [0.1, 0.15) is 6.92 Å². The van der Waals surface area contributed by atoms with Gasteiger partial charge < -0.3 is 35.4 Å². The van der Waals surface area contributed by atoms with Gasteiger partial charge in [-0.25, -0.2) is 0 Å². The summed E-state index contributed by atoms with van der Waals surface area (Å²) in [5.74, 6) is 0. The normalized spacial score (nSPS) is 21.2. The molecule has 0 aliphatic heterocycles. The standard InChI is InChI=1S/C9H20O7/c1-6(13)9(15,7(14)4-11)8(5-12)16-3-2-10/h6-8,10-15H,2-5H2,1H3. The van der Waals surface area contributed by atoms with Gasteiger partial charge in [-0.1, -0.05) is 0 Å². The molecule has 0 saturated heterocycles. The Balaban J connectivity index is 4.83. The van der Waals surface area contributed by atoms with Gasteiger partial charge in [0, 0.05) is 0 Å². The van der Waals surface area contributed by atoms with Gasteiger partial charge in [-0.2, -0.15) is 0 Å². The molecule has 0 radical (unpaired) electrons. The molecule has 7 nitrogen and oxygen atoms in total. The van der Waals surface area contributed by atoms with Crippen LogP contribution in [0.25, 0.3) is 0 Å². The van der Waals surface area contributed by atoms with Crippen LogP contribution in [0.2, 0.25) is 0 Å². The lowest BCUT2D eigenvalue weighted by Crippen LogP contribution is -2.62. The van der Waals surface area contributed by atoms with Crippen LogP contribution in [0.15, 0.2) is 0 Å². The fourth-order valence-electron chi connectivity index (χ4n) is 1.44. The average Bonchev–Trinajstić information content (AvgIpc) is 2.28. The molecule has 98 valence electrons. The Morgan fingerprint density at radius 2 is 1.69 bits per heavy atom. The molecule has 0 fully saturated rings. The first-order chi connectivity index (χ1) is 7.44. The second-order valence-corrected chi connectivity index (χ2v) is 3.53. The van der Waals surface area contributed by atoms with Crippen LogP contribution in [0, 0.1) is 0 Å². The molecule has 0 amide bonds. The second kappa shape index (κ2) is 7.13. The molecule has 4 atom stereocenters. The Hall–Kier alpha value is -0.280. The molecule has 0 aromatic carbocycles. The van der Waals surface area contributed by atoms with Gasteiger partial charge in [0.05, 0.1) is 32.5 Å². The maximum absolute atomic E-state index is 10.0. The molecule has 0 aromatic heterocycles. The van der Waals surface area contributed by atoms with Crippen LogP contribution >= 0.6 is 0 Å². The second-order valence-electron chi connectivity index (χ2n) is 3.53. The SMILES string of the molecule is CC(O)C(O)(C(O)CO)C(CO)OCCO. The van der Waals surface area contributed by atoms with Crippen molar-refractivity contribution >= 4 is 0 Å². The minimum absolute atomic E-state index is 0.168. The Morgan fingerprint density at radius 3 is 2.00 bits per heavy atom. The van der Waals surface area contributed by atoms with E-state index in [2.05, 4.69) is 0 Å². The highest BCUT2D eigenvalue weighted by Crippen LogP contribution is 2.23. The van der Waals surface area contributed by atoms with Gasteiger partial charge in [-0.15, -0.1) is 0 Å². The minimum atomic E-state index is -2.20. The van der Waals surface area contributed by atoms with Crippen molar-refractivity contribution in [2.45, 2.75) is 30.8 Å². The van der Waals surface area contributed by atoms with Gasteiger partial charge in [-0.05, 0) is 6.92 Å². The molecule has 7 heteroatoms. The van der Waals surface area contributed by atoms with Gasteiger partial charge in [0.2, 0.25) is 0 Å². The van der Waals surface area contributed by atoms with E-state index in [4.69, 9.17) is 20.1 Å². The van der Waals surface area contributed by atoms with Crippen molar-refractivity contribution in [2.75, 3.05) is 26.4 Å². The number of aliphatic hydroxyl groups is 6. The summed E-state index contributed by atoms with van der Waals surface area (Å²) in [6.45, 7) is -0.761. The molecule has 0 saturated carbocycles. The lowest BCUT2D eigenvalue weighted by molar-refractivity contribution is -0.225. The summed E-state index contributed by atoms with van der Waals surface area (Å²) in [4.78, 5) is 0. The van der Waals surface area contributed by atoms with E-state index in [1.54, 1.807) is 0 Å². The van der Waals surface area contributed by atoms with Gasteiger partial charge in [0.1, 0.15) is 17.8 Å². The summed E-state index contributed by atoms with van der Waals surface area (Å²) < 4.78 is 4.91. The van der Waals surface area contributed by atoms with E-state index in [9.17, 15) is 15.3 Å². The lowest BCUT2D eigenvalue weighted by Gasteiger charge is -2.40. The molecule has 0 aliphatic carbocycles. The van der Waals surface area contributed by atoms with Crippen LogP contribution in [0.3, 0.4) is 0 Å². The summed E-state index contributed by atoms with van der Waals surface area (Å²) >= 11 is 0. The third kappa shape index (κ3) is 3.36. The molecule has 4 unspecified atom stereocenters. The van der Waals surface area contributed by atoms with Crippen molar-refractivity contribution in [3.8, 4) is 0 Å². The highest BCUT2D eigenvalue weighted by Gasteiger charge is 2.47. The summed E-state index contributed by atoms with van der Waals surface area (Å²) in [5, 5.41) is 55.2. The molecule has 6 N–H and O–H groups in total. The van der Waals surface area contributed by atoms with Crippen molar-refractivity contribution in [3.05, 3.63) is 0 Å². The van der Waals surface area contributed by atoms with Crippen LogP contribution in [-0.4, -0.2) is 81.0 Å². The maximum Gasteiger partial charge on any atom is 0.146 e. The Labute approximate surface area is 93.5 Å². The summed E-state index contributed by atoms with van der Waals surface area (Å²) in [7, 11) is 0. The fraction of sp³-hybridized carbons (Fsp3) is 1.00. The first-order valence-corrected chi connectivity index (χ1v) is 4.97. The quantitative estimate of drug-likeness (QED) is 0.264. The monoisotopic (exact) mass is 240 g/mol. The number of rotatable bonds is 8. The van der Waals surface area contributed by atoms with Gasteiger partial charge in [-0.3, -0.25) is 0 Å². The van der Waals surface area contributed by atoms with Crippen molar-refractivity contribution in [1.29, 1.82) is 0 Å². The van der Waals surface area contributed by atoms with Gasteiger partial charge in [0.25, 0.3) is 0 Å². The van der Waals surface area contributed by atoms with E-state index in [1.165, 1.54) is 6.92 Å². The van der Waals surface area contributed by atoms with Gasteiger partial charge >= 0.3 is 0 Å². The van der Waals surface area contributed by atoms with Gasteiger partial charge in [0.15, 0.2) is 0 Å². The van der Waals surface area contributed by atoms with E-state index >= 15 is 0 Å². The highest BCUT2D eigenvalue weighted by atomic mass is 16.5. The van der Waals surface area contributed by atoms with E-state index in [0.717, 1.165) is 0 Å². The smallest absolute Gasteiger partial charge is 0.146 e. The zero-order chi connectivity index (χ0) is 12.8. The Kier molecular flexibility index (Phi) is 7.00. The fourth-order valence-corrected chi connectivity index (χ4v) is 1.44. The lowest BCUT2D eigenvalue weighted by atomic mass is 9.85. The Morgan fingerprint density at radius 1 is 1.12 bits per heavy atom. The number of hydrogen-bond acceptors (Lipinski definition) is 7. The van der Waals surface area contributed by atoms with E-state index < -0.39 is 37.1 Å². The van der Waals surface area contributed by atoms with Crippen molar-refractivity contribution < 1.29 is 35.4 Å². The van der Waals surface area contributed by atoms with Crippen LogP contribution in [-0.2, 0) is 4.74 Å². The molecule has 16 heavy (non-hydrogen) atoms. The molecule has 0 rings (SSSR count). The first-order valence-electron chi connectivity index (χ1n) is 4.97. The van der Waals surface area contributed by atoms with Crippen molar-refractivity contribution in [3.63, 3.8) is 0 Å². The summed E-state index contributed by atoms with van der Waals surface area (Å²) in [6.07, 6.45) is -4.39. The molecular weight excluding hydrogens is 220 g/mol. The molecule has 0 spiro atoms. The highest BCUT2D eigenvalue weighted by molar-refractivity contribution is 4.98. The number of hydrogen-bond donors (Lipinski definition) is 6. The predicted octanol–water partition coefficient (Wildman–Crippen LogP) is -3.18. The molecule has 0 bridgehead atoms.